The molecular weight excluding hydrogens is 291 g/mol. The highest BCUT2D eigenvalue weighted by Gasteiger charge is 2.30. The second-order valence-corrected chi connectivity index (χ2v) is 4.91. The molecule has 3 nitrogen and oxygen atoms in total. The summed E-state index contributed by atoms with van der Waals surface area (Å²) in [5, 5.41) is 12.0. The van der Waals surface area contributed by atoms with E-state index in [1.807, 2.05) is 13.0 Å². The highest BCUT2D eigenvalue weighted by Crippen LogP contribution is 2.30. The van der Waals surface area contributed by atoms with Crippen LogP contribution in [0.5, 0.6) is 0 Å². The Morgan fingerprint density at radius 3 is 2.50 bits per heavy atom. The minimum Gasteiger partial charge on any atom is -0.368 e. The Labute approximate surface area is 126 Å². The molecular formula is C16H14F3N3. The summed E-state index contributed by atoms with van der Waals surface area (Å²) in [6.07, 6.45) is -2.75. The number of rotatable bonds is 4. The van der Waals surface area contributed by atoms with Crippen molar-refractivity contribution in [2.45, 2.75) is 19.0 Å². The lowest BCUT2D eigenvalue weighted by Gasteiger charge is -2.15. The fourth-order valence-corrected chi connectivity index (χ4v) is 2.00. The SMILES string of the molecule is CC(CNc1ncccc1C#N)c1ccc(C(F)(F)F)cc1. The quantitative estimate of drug-likeness (QED) is 0.921. The van der Waals surface area contributed by atoms with Crippen LogP contribution in [0.3, 0.4) is 0 Å². The molecule has 22 heavy (non-hydrogen) atoms. The maximum Gasteiger partial charge on any atom is 0.416 e. The zero-order chi connectivity index (χ0) is 16.2. The molecule has 1 heterocycles. The Balaban J connectivity index is 2.04. The molecule has 0 spiro atoms. The van der Waals surface area contributed by atoms with Crippen molar-refractivity contribution in [3.05, 3.63) is 59.3 Å². The molecule has 1 aromatic heterocycles. The fraction of sp³-hybridized carbons (Fsp3) is 0.250. The van der Waals surface area contributed by atoms with E-state index in [1.165, 1.54) is 12.1 Å². The lowest BCUT2D eigenvalue weighted by molar-refractivity contribution is -0.137. The number of hydrogen-bond acceptors (Lipinski definition) is 3. The van der Waals surface area contributed by atoms with E-state index in [1.54, 1.807) is 18.3 Å². The van der Waals surface area contributed by atoms with Crippen molar-refractivity contribution in [2.75, 3.05) is 11.9 Å². The fourth-order valence-electron chi connectivity index (χ4n) is 2.00. The Morgan fingerprint density at radius 1 is 1.23 bits per heavy atom. The van der Waals surface area contributed by atoms with Gasteiger partial charge in [0.15, 0.2) is 0 Å². The molecule has 1 N–H and O–H groups in total. The lowest BCUT2D eigenvalue weighted by Crippen LogP contribution is -2.12. The van der Waals surface area contributed by atoms with E-state index in [9.17, 15) is 13.2 Å². The molecule has 1 unspecified atom stereocenters. The first-order valence-electron chi connectivity index (χ1n) is 6.68. The predicted molar refractivity (Wildman–Crippen MR) is 77.3 cm³/mol. The lowest BCUT2D eigenvalue weighted by atomic mass is 9.99. The minimum absolute atomic E-state index is 0.0177. The molecule has 0 fully saturated rings. The van der Waals surface area contributed by atoms with Crippen LogP contribution in [0.2, 0.25) is 0 Å². The second kappa shape index (κ2) is 6.48. The van der Waals surface area contributed by atoms with Gasteiger partial charge in [0.2, 0.25) is 0 Å². The van der Waals surface area contributed by atoms with Crippen molar-refractivity contribution in [1.29, 1.82) is 5.26 Å². The Kier molecular flexibility index (Phi) is 4.66. The topological polar surface area (TPSA) is 48.7 Å². The molecule has 0 aliphatic rings. The zero-order valence-electron chi connectivity index (χ0n) is 11.9. The average Bonchev–Trinajstić information content (AvgIpc) is 2.52. The summed E-state index contributed by atoms with van der Waals surface area (Å²) in [6.45, 7) is 2.36. The molecule has 0 radical (unpaired) electrons. The maximum atomic E-state index is 12.5. The average molecular weight is 305 g/mol. The van der Waals surface area contributed by atoms with Crippen LogP contribution in [0.4, 0.5) is 19.0 Å². The first kappa shape index (κ1) is 15.8. The maximum absolute atomic E-state index is 12.5. The van der Waals surface area contributed by atoms with Gasteiger partial charge >= 0.3 is 6.18 Å². The van der Waals surface area contributed by atoms with Gasteiger partial charge in [-0.05, 0) is 35.7 Å². The molecule has 0 aliphatic heterocycles. The first-order valence-corrected chi connectivity index (χ1v) is 6.68. The molecule has 6 heteroatoms. The number of pyridine rings is 1. The summed E-state index contributed by atoms with van der Waals surface area (Å²) < 4.78 is 37.6. The van der Waals surface area contributed by atoms with E-state index < -0.39 is 11.7 Å². The Bertz CT molecular complexity index is 672. The standard InChI is InChI=1S/C16H14F3N3/c1-11(10-22-15-13(9-20)3-2-8-21-15)12-4-6-14(7-5-12)16(17,18)19/h2-8,11H,10H2,1H3,(H,21,22). The van der Waals surface area contributed by atoms with Crippen LogP contribution >= 0.6 is 0 Å². The Hall–Kier alpha value is -2.55. The zero-order valence-corrected chi connectivity index (χ0v) is 11.9. The van der Waals surface area contributed by atoms with Crippen LogP contribution in [0.1, 0.15) is 29.5 Å². The van der Waals surface area contributed by atoms with Gasteiger partial charge < -0.3 is 5.32 Å². The van der Waals surface area contributed by atoms with E-state index in [0.29, 0.717) is 17.9 Å². The molecule has 0 saturated carbocycles. The van der Waals surface area contributed by atoms with E-state index >= 15 is 0 Å². The molecule has 2 rings (SSSR count). The van der Waals surface area contributed by atoms with Gasteiger partial charge in [-0.15, -0.1) is 0 Å². The van der Waals surface area contributed by atoms with Crippen molar-refractivity contribution in [3.8, 4) is 6.07 Å². The number of anilines is 1. The van der Waals surface area contributed by atoms with E-state index in [-0.39, 0.29) is 5.92 Å². The van der Waals surface area contributed by atoms with Crippen molar-refractivity contribution in [1.82, 2.24) is 4.98 Å². The Morgan fingerprint density at radius 2 is 1.91 bits per heavy atom. The van der Waals surface area contributed by atoms with Crippen LogP contribution < -0.4 is 5.32 Å². The summed E-state index contributed by atoms with van der Waals surface area (Å²) in [4.78, 5) is 4.08. The summed E-state index contributed by atoms with van der Waals surface area (Å²) in [5.41, 5.74) is 0.560. The molecule has 0 amide bonds. The van der Waals surface area contributed by atoms with Crippen LogP contribution in [-0.4, -0.2) is 11.5 Å². The summed E-state index contributed by atoms with van der Waals surface area (Å²) in [6, 6.07) is 10.4. The molecule has 0 aliphatic carbocycles. The molecule has 0 bridgehead atoms. The number of nitrogens with zero attached hydrogens (tertiary/aromatic N) is 2. The highest BCUT2D eigenvalue weighted by atomic mass is 19.4. The minimum atomic E-state index is -4.32. The monoisotopic (exact) mass is 305 g/mol. The van der Waals surface area contributed by atoms with Gasteiger partial charge in [0, 0.05) is 12.7 Å². The third kappa shape index (κ3) is 3.76. The number of aromatic nitrogens is 1. The van der Waals surface area contributed by atoms with Crippen LogP contribution in [-0.2, 0) is 6.18 Å². The van der Waals surface area contributed by atoms with Gasteiger partial charge in [-0.25, -0.2) is 4.98 Å². The third-order valence-corrected chi connectivity index (χ3v) is 3.31. The molecule has 1 aromatic carbocycles. The van der Waals surface area contributed by atoms with Crippen molar-refractivity contribution >= 4 is 5.82 Å². The van der Waals surface area contributed by atoms with Gasteiger partial charge in [-0.1, -0.05) is 19.1 Å². The predicted octanol–water partition coefficient (Wildman–Crippen LogP) is 4.19. The highest BCUT2D eigenvalue weighted by molar-refractivity contribution is 5.51. The first-order chi connectivity index (χ1) is 10.4. The number of alkyl halides is 3. The summed E-state index contributed by atoms with van der Waals surface area (Å²) >= 11 is 0. The van der Waals surface area contributed by atoms with Crippen molar-refractivity contribution in [2.24, 2.45) is 0 Å². The number of hydrogen-bond donors (Lipinski definition) is 1. The number of nitriles is 1. The molecule has 1 atom stereocenters. The number of benzene rings is 1. The van der Waals surface area contributed by atoms with E-state index in [0.717, 1.165) is 17.7 Å². The van der Waals surface area contributed by atoms with Gasteiger partial charge in [0.25, 0.3) is 0 Å². The molecule has 114 valence electrons. The summed E-state index contributed by atoms with van der Waals surface area (Å²) in [5.74, 6) is 0.458. The van der Waals surface area contributed by atoms with Gasteiger partial charge in [-0.2, -0.15) is 18.4 Å². The largest absolute Gasteiger partial charge is 0.416 e. The molecule has 2 aromatic rings. The third-order valence-electron chi connectivity index (χ3n) is 3.31. The van der Waals surface area contributed by atoms with Crippen LogP contribution in [0.25, 0.3) is 0 Å². The van der Waals surface area contributed by atoms with Crippen LogP contribution in [0.15, 0.2) is 42.6 Å². The second-order valence-electron chi connectivity index (χ2n) is 4.91. The van der Waals surface area contributed by atoms with Crippen molar-refractivity contribution < 1.29 is 13.2 Å². The van der Waals surface area contributed by atoms with Crippen LogP contribution in [0, 0.1) is 11.3 Å². The van der Waals surface area contributed by atoms with Gasteiger partial charge in [0.1, 0.15) is 11.9 Å². The normalized spacial score (nSPS) is 12.5. The van der Waals surface area contributed by atoms with Crippen molar-refractivity contribution in [3.63, 3.8) is 0 Å². The van der Waals surface area contributed by atoms with Gasteiger partial charge in [0.05, 0.1) is 11.1 Å². The number of nitrogens with one attached hydrogen (secondary N) is 1. The summed E-state index contributed by atoms with van der Waals surface area (Å²) in [7, 11) is 0. The molecule has 0 saturated heterocycles. The van der Waals surface area contributed by atoms with Gasteiger partial charge in [-0.3, -0.25) is 0 Å². The number of halogens is 3. The van der Waals surface area contributed by atoms with E-state index in [2.05, 4.69) is 10.3 Å². The smallest absolute Gasteiger partial charge is 0.368 e. The van der Waals surface area contributed by atoms with E-state index in [4.69, 9.17) is 5.26 Å².